The van der Waals surface area contributed by atoms with Gasteiger partial charge in [-0.15, -0.1) is 0 Å². The first-order chi connectivity index (χ1) is 12.0. The van der Waals surface area contributed by atoms with Crippen LogP contribution < -0.4 is 0 Å². The number of carbonyl (C=O) groups excluding carboxylic acids is 1. The molecule has 0 aromatic carbocycles. The van der Waals surface area contributed by atoms with Crippen LogP contribution in [0.4, 0.5) is 0 Å². The number of carbonyl (C=O) groups is 1. The molecule has 0 radical (unpaired) electrons. The Morgan fingerprint density at radius 2 is 2.24 bits per heavy atom. The zero-order chi connectivity index (χ0) is 17.8. The molecule has 2 aliphatic heterocycles. The highest BCUT2D eigenvalue weighted by Gasteiger charge is 2.34. The Hall–Kier alpha value is -1.46. The Morgan fingerprint density at radius 3 is 2.92 bits per heavy atom. The van der Waals surface area contributed by atoms with Gasteiger partial charge in [-0.25, -0.2) is 0 Å². The lowest BCUT2D eigenvalue weighted by molar-refractivity contribution is -0.131. The van der Waals surface area contributed by atoms with Gasteiger partial charge in [0, 0.05) is 38.4 Å². The number of pyridine rings is 1. The molecule has 25 heavy (non-hydrogen) atoms. The molecule has 0 aliphatic carbocycles. The van der Waals surface area contributed by atoms with Gasteiger partial charge in [-0.3, -0.25) is 14.7 Å². The summed E-state index contributed by atoms with van der Waals surface area (Å²) in [6, 6.07) is 4.49. The van der Waals surface area contributed by atoms with E-state index in [1.54, 1.807) is 0 Å². The van der Waals surface area contributed by atoms with E-state index in [2.05, 4.69) is 29.9 Å². The molecule has 0 saturated carbocycles. The molecule has 0 bridgehead atoms. The van der Waals surface area contributed by atoms with Crippen molar-refractivity contribution in [1.82, 2.24) is 14.8 Å². The third-order valence-corrected chi connectivity index (χ3v) is 5.73. The summed E-state index contributed by atoms with van der Waals surface area (Å²) < 4.78 is 5.83. The van der Waals surface area contributed by atoms with E-state index in [0.717, 1.165) is 38.8 Å². The number of hydrogen-bond acceptors (Lipinski definition) is 4. The maximum absolute atomic E-state index is 12.5. The molecular formula is C20H31N3O2. The molecule has 138 valence electrons. The van der Waals surface area contributed by atoms with Gasteiger partial charge in [0.15, 0.2) is 0 Å². The molecule has 5 heteroatoms. The number of rotatable bonds is 6. The molecule has 1 aromatic rings. The van der Waals surface area contributed by atoms with Crippen molar-refractivity contribution in [2.24, 2.45) is 5.92 Å². The minimum absolute atomic E-state index is 0.239. The van der Waals surface area contributed by atoms with E-state index >= 15 is 0 Å². The number of nitrogens with zero attached hydrogens (tertiary/aromatic N) is 3. The van der Waals surface area contributed by atoms with Crippen LogP contribution in [0.15, 0.2) is 24.5 Å². The van der Waals surface area contributed by atoms with Crippen LogP contribution in [-0.2, 0) is 9.53 Å². The first kappa shape index (κ1) is 18.3. The fraction of sp³-hybridized carbons (Fsp3) is 0.700. The molecule has 2 saturated heterocycles. The molecule has 2 aliphatic rings. The van der Waals surface area contributed by atoms with Crippen LogP contribution in [0.2, 0.25) is 0 Å². The summed E-state index contributed by atoms with van der Waals surface area (Å²) in [5.74, 6) is 0.702. The highest BCUT2D eigenvalue weighted by atomic mass is 16.5. The third kappa shape index (κ3) is 4.59. The predicted molar refractivity (Wildman–Crippen MR) is 98.2 cm³/mol. The summed E-state index contributed by atoms with van der Waals surface area (Å²) in [4.78, 5) is 21.1. The van der Waals surface area contributed by atoms with Crippen molar-refractivity contribution >= 4 is 5.91 Å². The van der Waals surface area contributed by atoms with Crippen LogP contribution in [-0.4, -0.2) is 60.1 Å². The van der Waals surface area contributed by atoms with Crippen molar-refractivity contribution in [3.05, 3.63) is 30.1 Å². The average Bonchev–Trinajstić information content (AvgIpc) is 3.19. The Bertz CT molecular complexity index is 565. The number of aromatic nitrogens is 1. The average molecular weight is 345 g/mol. The number of amides is 1. The van der Waals surface area contributed by atoms with Gasteiger partial charge >= 0.3 is 0 Å². The van der Waals surface area contributed by atoms with Gasteiger partial charge in [0.1, 0.15) is 0 Å². The summed E-state index contributed by atoms with van der Waals surface area (Å²) in [5.41, 5.74) is 1.25. The molecule has 1 amide bonds. The van der Waals surface area contributed by atoms with E-state index in [-0.39, 0.29) is 12.0 Å². The Labute approximate surface area is 151 Å². The van der Waals surface area contributed by atoms with Crippen molar-refractivity contribution in [1.29, 1.82) is 0 Å². The van der Waals surface area contributed by atoms with Crippen LogP contribution >= 0.6 is 0 Å². The van der Waals surface area contributed by atoms with Crippen LogP contribution in [0, 0.1) is 5.92 Å². The molecule has 3 heterocycles. The quantitative estimate of drug-likeness (QED) is 0.795. The Morgan fingerprint density at radius 1 is 1.40 bits per heavy atom. The van der Waals surface area contributed by atoms with E-state index in [1.807, 2.05) is 30.4 Å². The zero-order valence-corrected chi connectivity index (χ0v) is 15.7. The highest BCUT2D eigenvalue weighted by molar-refractivity contribution is 5.75. The van der Waals surface area contributed by atoms with Crippen molar-refractivity contribution in [3.8, 4) is 0 Å². The van der Waals surface area contributed by atoms with Gasteiger partial charge < -0.3 is 9.64 Å². The zero-order valence-electron chi connectivity index (χ0n) is 15.7. The lowest BCUT2D eigenvalue weighted by atomic mass is 9.94. The first-order valence-corrected chi connectivity index (χ1v) is 9.54. The molecular weight excluding hydrogens is 314 g/mol. The van der Waals surface area contributed by atoms with Gasteiger partial charge in [-0.05, 0) is 63.7 Å². The summed E-state index contributed by atoms with van der Waals surface area (Å²) in [6.07, 6.45) is 9.18. The lowest BCUT2D eigenvalue weighted by Gasteiger charge is -2.29. The smallest absolute Gasteiger partial charge is 0.222 e. The van der Waals surface area contributed by atoms with Gasteiger partial charge in [0.25, 0.3) is 0 Å². The van der Waals surface area contributed by atoms with E-state index in [0.29, 0.717) is 24.5 Å². The topological polar surface area (TPSA) is 45.7 Å². The van der Waals surface area contributed by atoms with Crippen LogP contribution in [0.5, 0.6) is 0 Å². The van der Waals surface area contributed by atoms with Crippen LogP contribution in [0.3, 0.4) is 0 Å². The number of hydrogen-bond donors (Lipinski definition) is 0. The van der Waals surface area contributed by atoms with E-state index in [9.17, 15) is 4.79 Å². The molecule has 0 spiro atoms. The van der Waals surface area contributed by atoms with E-state index in [1.165, 1.54) is 5.56 Å². The maximum atomic E-state index is 12.5. The third-order valence-electron chi connectivity index (χ3n) is 5.73. The molecule has 2 fully saturated rings. The fourth-order valence-electron chi connectivity index (χ4n) is 4.32. The molecule has 5 nitrogen and oxygen atoms in total. The number of likely N-dealkylation sites (tertiary alicyclic amines) is 1. The SMILES string of the molecule is C[C@@H]1CC[C@@H](CCC(=O)N(C)C[C@@H]2CCN(C)[C@H]2c2cccnc2)O1. The van der Waals surface area contributed by atoms with Gasteiger partial charge in [-0.1, -0.05) is 6.07 Å². The fourth-order valence-corrected chi connectivity index (χ4v) is 4.32. The summed E-state index contributed by atoms with van der Waals surface area (Å²) in [5, 5.41) is 0. The van der Waals surface area contributed by atoms with Crippen LogP contribution in [0.1, 0.15) is 50.6 Å². The molecule has 1 aromatic heterocycles. The van der Waals surface area contributed by atoms with Crippen molar-refractivity contribution in [3.63, 3.8) is 0 Å². The Balaban J connectivity index is 1.52. The summed E-state index contributed by atoms with van der Waals surface area (Å²) in [6.45, 7) is 3.99. The maximum Gasteiger partial charge on any atom is 0.222 e. The first-order valence-electron chi connectivity index (χ1n) is 9.54. The predicted octanol–water partition coefficient (Wildman–Crippen LogP) is 2.88. The van der Waals surface area contributed by atoms with Gasteiger partial charge in [-0.2, -0.15) is 0 Å². The van der Waals surface area contributed by atoms with Crippen molar-refractivity contribution in [2.45, 2.75) is 57.3 Å². The summed E-state index contributed by atoms with van der Waals surface area (Å²) in [7, 11) is 4.11. The molecule has 3 rings (SSSR count). The van der Waals surface area contributed by atoms with E-state index < -0.39 is 0 Å². The molecule has 4 atom stereocenters. The Kier molecular flexibility index (Phi) is 6.07. The highest BCUT2D eigenvalue weighted by Crippen LogP contribution is 2.36. The van der Waals surface area contributed by atoms with Crippen molar-refractivity contribution < 1.29 is 9.53 Å². The number of ether oxygens (including phenoxy) is 1. The van der Waals surface area contributed by atoms with Crippen molar-refractivity contribution in [2.75, 3.05) is 27.2 Å². The van der Waals surface area contributed by atoms with Gasteiger partial charge in [0.05, 0.1) is 12.2 Å². The standard InChI is InChI=1S/C20H31N3O2/c1-15-6-7-18(25-15)8-9-19(24)23(3)14-17-10-12-22(2)20(17)16-5-4-11-21-13-16/h4-5,11,13,15,17-18,20H,6-10,12,14H2,1-3H3/t15-,17+,18+,20+/m1/s1. The second-order valence-electron chi connectivity index (χ2n) is 7.72. The largest absolute Gasteiger partial charge is 0.375 e. The second kappa shape index (κ2) is 8.28. The minimum atomic E-state index is 0.239. The normalized spacial score (nSPS) is 29.9. The second-order valence-corrected chi connectivity index (χ2v) is 7.72. The lowest BCUT2D eigenvalue weighted by Crippen LogP contribution is -2.34. The molecule has 0 unspecified atom stereocenters. The van der Waals surface area contributed by atoms with Gasteiger partial charge in [0.2, 0.25) is 5.91 Å². The minimum Gasteiger partial charge on any atom is -0.375 e. The van der Waals surface area contributed by atoms with E-state index in [4.69, 9.17) is 4.74 Å². The van der Waals surface area contributed by atoms with Crippen LogP contribution in [0.25, 0.3) is 0 Å². The molecule has 0 N–H and O–H groups in total. The monoisotopic (exact) mass is 345 g/mol. The summed E-state index contributed by atoms with van der Waals surface area (Å²) >= 11 is 0.